The average molecular weight is 215 g/mol. The van der Waals surface area contributed by atoms with Crippen molar-refractivity contribution in [2.24, 2.45) is 11.3 Å². The van der Waals surface area contributed by atoms with Gasteiger partial charge in [-0.2, -0.15) is 0 Å². The number of rotatable bonds is 4. The Kier molecular flexibility index (Phi) is 4.05. The summed E-state index contributed by atoms with van der Waals surface area (Å²) < 4.78 is 0.313. The molecule has 1 amide bonds. The van der Waals surface area contributed by atoms with Crippen molar-refractivity contribution in [3.63, 3.8) is 0 Å². The van der Waals surface area contributed by atoms with E-state index in [2.05, 4.69) is 5.43 Å². The van der Waals surface area contributed by atoms with Crippen LogP contribution in [0.3, 0.4) is 0 Å². The summed E-state index contributed by atoms with van der Waals surface area (Å²) in [6, 6.07) is 0. The van der Waals surface area contributed by atoms with E-state index in [0.29, 0.717) is 4.59 Å². The normalized spacial score (nSPS) is 12.8. The Bertz CT molecular complexity index is 262. The van der Waals surface area contributed by atoms with Crippen molar-refractivity contribution in [2.75, 3.05) is 21.1 Å². The van der Waals surface area contributed by atoms with Gasteiger partial charge in [0.05, 0.1) is 21.1 Å². The van der Waals surface area contributed by atoms with Crippen molar-refractivity contribution in [3.8, 4) is 0 Å². The van der Waals surface area contributed by atoms with Crippen LogP contribution in [-0.4, -0.2) is 37.4 Å². The molecule has 0 unspecified atom stereocenters. The first-order chi connectivity index (χ1) is 6.48. The molecule has 0 aromatic carbocycles. The van der Waals surface area contributed by atoms with E-state index in [9.17, 15) is 9.59 Å². The monoisotopic (exact) mass is 215 g/mol. The van der Waals surface area contributed by atoms with Gasteiger partial charge in [-0.25, -0.2) is 10.0 Å². The van der Waals surface area contributed by atoms with Crippen molar-refractivity contribution in [1.82, 2.24) is 5.43 Å². The zero-order valence-corrected chi connectivity index (χ0v) is 10.8. The third-order valence-corrected chi connectivity index (χ3v) is 2.14. The van der Waals surface area contributed by atoms with Crippen LogP contribution >= 0.6 is 0 Å². The number of hydrogen-bond donors (Lipinski definition) is 1. The predicted octanol–water partition coefficient (Wildman–Crippen LogP) is 0.975. The third kappa shape index (κ3) is 4.00. The number of carbonyl (C=O) groups excluding carboxylic acids is 2. The Morgan fingerprint density at radius 2 is 1.53 bits per heavy atom. The van der Waals surface area contributed by atoms with Gasteiger partial charge in [0.15, 0.2) is 5.78 Å². The molecule has 0 atom stereocenters. The molecule has 0 saturated heterocycles. The van der Waals surface area contributed by atoms with Crippen LogP contribution in [0.5, 0.6) is 0 Å². The van der Waals surface area contributed by atoms with Crippen LogP contribution in [0.15, 0.2) is 0 Å². The predicted molar refractivity (Wildman–Crippen MR) is 59.8 cm³/mol. The van der Waals surface area contributed by atoms with E-state index in [1.165, 1.54) is 0 Å². The number of nitrogens with one attached hydrogen (secondary N) is 1. The fraction of sp³-hybridized carbons (Fsp3) is 0.818. The first-order valence-corrected chi connectivity index (χ1v) is 5.17. The Morgan fingerprint density at radius 1 is 1.13 bits per heavy atom. The summed E-state index contributed by atoms with van der Waals surface area (Å²) in [5.41, 5.74) is 1.81. The minimum atomic E-state index is -0.959. The highest BCUT2D eigenvalue weighted by Gasteiger charge is 2.39. The lowest BCUT2D eigenvalue weighted by molar-refractivity contribution is -0.906. The second-order valence-corrected chi connectivity index (χ2v) is 5.60. The minimum absolute atomic E-state index is 0.0338. The number of Topliss-reactive ketones (excluding diaryl/α,β-unsaturated/α-hetero) is 1. The Labute approximate surface area is 92.2 Å². The average Bonchev–Trinajstić information content (AvgIpc) is 1.99. The second-order valence-electron chi connectivity index (χ2n) is 5.60. The fourth-order valence-electron chi connectivity index (χ4n) is 1.28. The molecule has 0 bridgehead atoms. The molecular weight excluding hydrogens is 192 g/mol. The van der Waals surface area contributed by atoms with Gasteiger partial charge < -0.3 is 0 Å². The molecule has 0 aliphatic rings. The summed E-state index contributed by atoms with van der Waals surface area (Å²) in [5, 5.41) is 0. The maximum Gasteiger partial charge on any atom is 0.278 e. The van der Waals surface area contributed by atoms with E-state index in [-0.39, 0.29) is 17.6 Å². The van der Waals surface area contributed by atoms with E-state index in [1.807, 2.05) is 35.0 Å². The van der Waals surface area contributed by atoms with Crippen LogP contribution < -0.4 is 5.43 Å². The number of quaternary nitrogens is 1. The van der Waals surface area contributed by atoms with E-state index in [0.717, 1.165) is 0 Å². The van der Waals surface area contributed by atoms with Gasteiger partial charge in [0.25, 0.3) is 5.91 Å². The highest BCUT2D eigenvalue weighted by atomic mass is 16.2. The molecule has 4 heteroatoms. The van der Waals surface area contributed by atoms with Crippen molar-refractivity contribution in [3.05, 3.63) is 0 Å². The van der Waals surface area contributed by atoms with E-state index in [4.69, 9.17) is 0 Å². The quantitative estimate of drug-likeness (QED) is 0.431. The van der Waals surface area contributed by atoms with Gasteiger partial charge in [-0.1, -0.05) is 13.8 Å². The minimum Gasteiger partial charge on any atom is -0.298 e. The largest absolute Gasteiger partial charge is 0.298 e. The lowest BCUT2D eigenvalue weighted by atomic mass is 9.82. The summed E-state index contributed by atoms with van der Waals surface area (Å²) in [6.07, 6.45) is 0. The van der Waals surface area contributed by atoms with Crippen LogP contribution in [0.25, 0.3) is 0 Å². The second kappa shape index (κ2) is 4.31. The molecule has 0 aliphatic carbocycles. The fourth-order valence-corrected chi connectivity index (χ4v) is 1.28. The lowest BCUT2D eigenvalue weighted by Crippen LogP contribution is -2.57. The first-order valence-electron chi connectivity index (χ1n) is 5.17. The molecule has 0 aliphatic heterocycles. The smallest absolute Gasteiger partial charge is 0.278 e. The van der Waals surface area contributed by atoms with Crippen LogP contribution in [0, 0.1) is 11.3 Å². The van der Waals surface area contributed by atoms with Crippen molar-refractivity contribution in [1.29, 1.82) is 0 Å². The molecule has 0 aromatic rings. The topological polar surface area (TPSA) is 46.2 Å². The van der Waals surface area contributed by atoms with E-state index >= 15 is 0 Å². The molecule has 1 N–H and O–H groups in total. The molecule has 0 aromatic heterocycles. The third-order valence-electron chi connectivity index (χ3n) is 2.14. The number of ketones is 1. The zero-order chi connectivity index (χ0) is 12.4. The highest BCUT2D eigenvalue weighted by molar-refractivity contribution is 6.05. The van der Waals surface area contributed by atoms with Crippen LogP contribution in [0.2, 0.25) is 0 Å². The van der Waals surface area contributed by atoms with Gasteiger partial charge in [-0.15, -0.1) is 0 Å². The highest BCUT2D eigenvalue weighted by Crippen LogP contribution is 2.21. The molecule has 4 nitrogen and oxygen atoms in total. The molecule has 15 heavy (non-hydrogen) atoms. The van der Waals surface area contributed by atoms with Gasteiger partial charge in [0, 0.05) is 5.92 Å². The summed E-state index contributed by atoms with van der Waals surface area (Å²) >= 11 is 0. The van der Waals surface area contributed by atoms with E-state index in [1.54, 1.807) is 13.8 Å². The summed E-state index contributed by atoms with van der Waals surface area (Å²) in [4.78, 5) is 23.7. The Balaban J connectivity index is 4.75. The number of amides is 1. The maximum atomic E-state index is 11.9. The Hall–Kier alpha value is -0.900. The van der Waals surface area contributed by atoms with Crippen molar-refractivity contribution < 1.29 is 14.2 Å². The van der Waals surface area contributed by atoms with Crippen LogP contribution in [0.1, 0.15) is 27.7 Å². The van der Waals surface area contributed by atoms with Gasteiger partial charge in [0.1, 0.15) is 5.41 Å². The molecule has 0 radical (unpaired) electrons. The molecule has 0 fully saturated rings. The Morgan fingerprint density at radius 3 is 1.80 bits per heavy atom. The summed E-state index contributed by atoms with van der Waals surface area (Å²) in [5.74, 6) is -0.389. The number of carbonyl (C=O) groups is 2. The first kappa shape index (κ1) is 14.1. The van der Waals surface area contributed by atoms with Gasteiger partial charge in [-0.05, 0) is 13.8 Å². The zero-order valence-electron chi connectivity index (χ0n) is 10.8. The number of hydrogen-bond acceptors (Lipinski definition) is 2. The number of nitrogens with zero attached hydrogens (tertiary/aromatic N) is 1. The lowest BCUT2D eigenvalue weighted by Gasteiger charge is -2.30. The molecule has 0 heterocycles. The SMILES string of the molecule is CC(C)C(=O)C(C)(C)C(=O)N[N+](C)(C)C. The summed E-state index contributed by atoms with van der Waals surface area (Å²) in [7, 11) is 5.52. The van der Waals surface area contributed by atoms with Crippen LogP contribution in [-0.2, 0) is 9.59 Å². The molecule has 0 rings (SSSR count). The molecule has 88 valence electrons. The van der Waals surface area contributed by atoms with Crippen LogP contribution in [0.4, 0.5) is 0 Å². The maximum absolute atomic E-state index is 11.9. The van der Waals surface area contributed by atoms with E-state index < -0.39 is 5.41 Å². The van der Waals surface area contributed by atoms with Gasteiger partial charge >= 0.3 is 0 Å². The summed E-state index contributed by atoms with van der Waals surface area (Å²) in [6.45, 7) is 6.95. The van der Waals surface area contributed by atoms with Gasteiger partial charge in [-0.3, -0.25) is 9.59 Å². The standard InChI is InChI=1S/C11H22N2O2/c1-8(2)9(14)11(3,4)10(15)12-13(5,6)7/h8H,1-7H3/p+1. The molecule has 0 spiro atoms. The molecule has 0 saturated carbocycles. The van der Waals surface area contributed by atoms with Crippen molar-refractivity contribution in [2.45, 2.75) is 27.7 Å². The van der Waals surface area contributed by atoms with Crippen molar-refractivity contribution >= 4 is 11.7 Å². The van der Waals surface area contributed by atoms with Gasteiger partial charge in [0.2, 0.25) is 0 Å². The molecular formula is C11H23N2O2+.